The third-order valence-corrected chi connectivity index (χ3v) is 2.57. The van der Waals surface area contributed by atoms with E-state index in [0.29, 0.717) is 17.9 Å². The number of Topliss-reactive ketones (excluding diaryl/α,β-unsaturated/α-hetero) is 1. The standard InChI is InChI=1S/C15H14O3/c16-10-15(17)13-6-8-14(9-7-13)18-11-12-4-2-1-3-5-12/h1-9,16H,10-11H2. The molecule has 0 unspecified atom stereocenters. The highest BCUT2D eigenvalue weighted by molar-refractivity contribution is 5.96. The maximum atomic E-state index is 11.2. The molecule has 0 saturated carbocycles. The zero-order chi connectivity index (χ0) is 12.8. The number of aliphatic hydroxyl groups is 1. The molecule has 2 rings (SSSR count). The van der Waals surface area contributed by atoms with Gasteiger partial charge in [-0.1, -0.05) is 30.3 Å². The van der Waals surface area contributed by atoms with Crippen LogP contribution in [0, 0.1) is 0 Å². The monoisotopic (exact) mass is 242 g/mol. The van der Waals surface area contributed by atoms with Crippen molar-refractivity contribution in [1.29, 1.82) is 0 Å². The van der Waals surface area contributed by atoms with Gasteiger partial charge in [-0.05, 0) is 29.8 Å². The maximum absolute atomic E-state index is 11.2. The van der Waals surface area contributed by atoms with Gasteiger partial charge in [0.05, 0.1) is 0 Å². The van der Waals surface area contributed by atoms with Gasteiger partial charge in [0, 0.05) is 5.56 Å². The molecule has 0 saturated heterocycles. The third-order valence-electron chi connectivity index (χ3n) is 2.57. The van der Waals surface area contributed by atoms with Crippen molar-refractivity contribution in [2.45, 2.75) is 6.61 Å². The molecule has 0 bridgehead atoms. The summed E-state index contributed by atoms with van der Waals surface area (Å²) < 4.78 is 5.59. The minimum absolute atomic E-state index is 0.287. The highest BCUT2D eigenvalue weighted by Crippen LogP contribution is 2.14. The molecule has 3 heteroatoms. The van der Waals surface area contributed by atoms with E-state index in [2.05, 4.69) is 0 Å². The lowest BCUT2D eigenvalue weighted by molar-refractivity contribution is 0.0903. The summed E-state index contributed by atoms with van der Waals surface area (Å²) >= 11 is 0. The number of hydrogen-bond donors (Lipinski definition) is 1. The zero-order valence-corrected chi connectivity index (χ0v) is 9.87. The number of ketones is 1. The molecule has 0 aliphatic carbocycles. The average Bonchev–Trinajstić information content (AvgIpc) is 2.46. The van der Waals surface area contributed by atoms with Crippen LogP contribution in [0.2, 0.25) is 0 Å². The summed E-state index contributed by atoms with van der Waals surface area (Å²) in [4.78, 5) is 11.2. The SMILES string of the molecule is O=C(CO)c1ccc(OCc2ccccc2)cc1. The van der Waals surface area contributed by atoms with E-state index in [4.69, 9.17) is 9.84 Å². The van der Waals surface area contributed by atoms with E-state index in [9.17, 15) is 4.79 Å². The molecular formula is C15H14O3. The Balaban J connectivity index is 1.97. The van der Waals surface area contributed by atoms with Crippen molar-refractivity contribution < 1.29 is 14.6 Å². The molecule has 0 radical (unpaired) electrons. The van der Waals surface area contributed by atoms with Crippen molar-refractivity contribution in [3.8, 4) is 5.75 Å². The Bertz CT molecular complexity index is 503. The van der Waals surface area contributed by atoms with Crippen LogP contribution < -0.4 is 4.74 Å². The van der Waals surface area contributed by atoms with Crippen LogP contribution >= 0.6 is 0 Å². The van der Waals surface area contributed by atoms with E-state index < -0.39 is 6.61 Å². The van der Waals surface area contributed by atoms with Crippen LogP contribution in [-0.2, 0) is 6.61 Å². The molecule has 0 aliphatic rings. The van der Waals surface area contributed by atoms with Gasteiger partial charge in [-0.2, -0.15) is 0 Å². The van der Waals surface area contributed by atoms with Crippen LogP contribution in [0.1, 0.15) is 15.9 Å². The van der Waals surface area contributed by atoms with E-state index >= 15 is 0 Å². The molecule has 0 amide bonds. The van der Waals surface area contributed by atoms with E-state index in [0.717, 1.165) is 5.56 Å². The molecule has 92 valence electrons. The third kappa shape index (κ3) is 3.18. The second kappa shape index (κ2) is 5.98. The minimum atomic E-state index is -0.468. The fourth-order valence-corrected chi connectivity index (χ4v) is 1.57. The number of hydrogen-bond acceptors (Lipinski definition) is 3. The van der Waals surface area contributed by atoms with E-state index in [-0.39, 0.29) is 5.78 Å². The summed E-state index contributed by atoms with van der Waals surface area (Å²) in [5.41, 5.74) is 1.58. The Morgan fingerprint density at radius 3 is 2.28 bits per heavy atom. The summed E-state index contributed by atoms with van der Waals surface area (Å²) in [6.07, 6.45) is 0. The fourth-order valence-electron chi connectivity index (χ4n) is 1.57. The molecule has 1 N–H and O–H groups in total. The van der Waals surface area contributed by atoms with Gasteiger partial charge in [0.2, 0.25) is 0 Å². The lowest BCUT2D eigenvalue weighted by Crippen LogP contribution is -2.04. The quantitative estimate of drug-likeness (QED) is 0.819. The number of carbonyl (C=O) groups is 1. The minimum Gasteiger partial charge on any atom is -0.489 e. The molecule has 0 atom stereocenters. The summed E-state index contributed by atoms with van der Waals surface area (Å²) in [5.74, 6) is 0.415. The van der Waals surface area contributed by atoms with Crippen LogP contribution in [0.15, 0.2) is 54.6 Å². The summed E-state index contributed by atoms with van der Waals surface area (Å²) in [6.45, 7) is 0.0261. The van der Waals surface area contributed by atoms with E-state index in [1.54, 1.807) is 24.3 Å². The van der Waals surface area contributed by atoms with Gasteiger partial charge < -0.3 is 9.84 Å². The Hall–Kier alpha value is -2.13. The normalized spacial score (nSPS) is 10.1. The smallest absolute Gasteiger partial charge is 0.188 e. The van der Waals surface area contributed by atoms with Gasteiger partial charge in [-0.25, -0.2) is 0 Å². The van der Waals surface area contributed by atoms with Gasteiger partial charge in [0.1, 0.15) is 19.0 Å². The van der Waals surface area contributed by atoms with Crippen LogP contribution in [0.5, 0.6) is 5.75 Å². The van der Waals surface area contributed by atoms with E-state index in [1.807, 2.05) is 30.3 Å². The van der Waals surface area contributed by atoms with Gasteiger partial charge in [-0.15, -0.1) is 0 Å². The Morgan fingerprint density at radius 2 is 1.67 bits per heavy atom. The number of ether oxygens (including phenoxy) is 1. The average molecular weight is 242 g/mol. The number of aliphatic hydroxyl groups excluding tert-OH is 1. The molecular weight excluding hydrogens is 228 g/mol. The van der Waals surface area contributed by atoms with Crippen molar-refractivity contribution in [1.82, 2.24) is 0 Å². The fraction of sp³-hybridized carbons (Fsp3) is 0.133. The van der Waals surface area contributed by atoms with Crippen LogP contribution in [-0.4, -0.2) is 17.5 Å². The first-order valence-electron chi connectivity index (χ1n) is 5.70. The number of benzene rings is 2. The van der Waals surface area contributed by atoms with Crippen molar-refractivity contribution in [3.05, 3.63) is 65.7 Å². The van der Waals surface area contributed by atoms with Gasteiger partial charge >= 0.3 is 0 Å². The van der Waals surface area contributed by atoms with Crippen molar-refractivity contribution in [2.24, 2.45) is 0 Å². The highest BCUT2D eigenvalue weighted by atomic mass is 16.5. The molecule has 0 heterocycles. The van der Waals surface area contributed by atoms with Gasteiger partial charge in [0.25, 0.3) is 0 Å². The molecule has 0 aliphatic heterocycles. The highest BCUT2D eigenvalue weighted by Gasteiger charge is 2.03. The molecule has 2 aromatic rings. The van der Waals surface area contributed by atoms with Crippen molar-refractivity contribution >= 4 is 5.78 Å². The molecule has 3 nitrogen and oxygen atoms in total. The summed E-state index contributed by atoms with van der Waals surface area (Å²) in [7, 11) is 0. The number of rotatable bonds is 5. The largest absolute Gasteiger partial charge is 0.489 e. The van der Waals surface area contributed by atoms with Crippen molar-refractivity contribution in [3.63, 3.8) is 0 Å². The maximum Gasteiger partial charge on any atom is 0.188 e. The second-order valence-corrected chi connectivity index (χ2v) is 3.88. The molecule has 0 aromatic heterocycles. The molecule has 0 fully saturated rings. The van der Waals surface area contributed by atoms with E-state index in [1.165, 1.54) is 0 Å². The summed E-state index contributed by atoms with van der Waals surface area (Å²) in [6, 6.07) is 16.6. The first-order valence-corrected chi connectivity index (χ1v) is 5.70. The second-order valence-electron chi connectivity index (χ2n) is 3.88. The molecule has 2 aromatic carbocycles. The number of carbonyl (C=O) groups excluding carboxylic acids is 1. The van der Waals surface area contributed by atoms with Crippen molar-refractivity contribution in [2.75, 3.05) is 6.61 Å². The Labute approximate surface area is 106 Å². The summed E-state index contributed by atoms with van der Waals surface area (Å²) in [5, 5.41) is 8.73. The van der Waals surface area contributed by atoms with Gasteiger partial charge in [0.15, 0.2) is 5.78 Å². The van der Waals surface area contributed by atoms with Crippen LogP contribution in [0.25, 0.3) is 0 Å². The predicted octanol–water partition coefficient (Wildman–Crippen LogP) is 2.44. The van der Waals surface area contributed by atoms with Gasteiger partial charge in [-0.3, -0.25) is 4.79 Å². The topological polar surface area (TPSA) is 46.5 Å². The Morgan fingerprint density at radius 1 is 1.00 bits per heavy atom. The zero-order valence-electron chi connectivity index (χ0n) is 9.87. The lowest BCUT2D eigenvalue weighted by atomic mass is 10.1. The lowest BCUT2D eigenvalue weighted by Gasteiger charge is -2.06. The first kappa shape index (κ1) is 12.3. The van der Waals surface area contributed by atoms with Crippen LogP contribution in [0.4, 0.5) is 0 Å². The molecule has 0 spiro atoms. The molecule has 18 heavy (non-hydrogen) atoms. The Kier molecular flexibility index (Phi) is 4.10. The first-order chi connectivity index (χ1) is 8.79. The predicted molar refractivity (Wildman–Crippen MR) is 68.6 cm³/mol. The van der Waals surface area contributed by atoms with Crippen LogP contribution in [0.3, 0.4) is 0 Å².